The van der Waals surface area contributed by atoms with Crippen LogP contribution in [0.1, 0.15) is 42.4 Å². The van der Waals surface area contributed by atoms with E-state index in [2.05, 4.69) is 88.3 Å². The van der Waals surface area contributed by atoms with E-state index in [0.29, 0.717) is 0 Å². The molecule has 1 atom stereocenters. The number of aryl methyl sites for hydroxylation is 3. The van der Waals surface area contributed by atoms with Gasteiger partial charge in [0.25, 0.3) is 0 Å². The molecule has 0 radical (unpaired) electrons. The number of pyridine rings is 1. The summed E-state index contributed by atoms with van der Waals surface area (Å²) >= 11 is 0. The third kappa shape index (κ3) is 2.17. The van der Waals surface area contributed by atoms with Crippen LogP contribution in [0, 0.1) is 6.92 Å². The molecule has 28 heavy (non-hydrogen) atoms. The van der Waals surface area contributed by atoms with Crippen molar-refractivity contribution in [2.45, 2.75) is 39.8 Å². The van der Waals surface area contributed by atoms with Crippen LogP contribution in [-0.4, -0.2) is 19.1 Å². The van der Waals surface area contributed by atoms with E-state index >= 15 is 0 Å². The molecule has 0 saturated heterocycles. The summed E-state index contributed by atoms with van der Waals surface area (Å²) < 4.78 is 0.812. The lowest BCUT2D eigenvalue weighted by atomic mass is 9.90. The van der Waals surface area contributed by atoms with Crippen LogP contribution in [0.4, 0.5) is 17.1 Å². The quantitative estimate of drug-likeness (QED) is 0.521. The molecule has 2 aromatic carbocycles. The van der Waals surface area contributed by atoms with E-state index < -0.39 is 0 Å². The van der Waals surface area contributed by atoms with Crippen molar-refractivity contribution in [1.29, 1.82) is 0 Å². The van der Waals surface area contributed by atoms with Gasteiger partial charge >= 0.3 is 0 Å². The van der Waals surface area contributed by atoms with E-state index in [4.69, 9.17) is 4.98 Å². The number of hydrogen-bond acceptors (Lipinski definition) is 2. The van der Waals surface area contributed by atoms with Crippen LogP contribution in [0.25, 0.3) is 11.3 Å². The van der Waals surface area contributed by atoms with Gasteiger partial charge in [0.1, 0.15) is 5.69 Å². The topological polar surface area (TPSA) is 16.1 Å². The third-order valence-corrected chi connectivity index (χ3v) is 6.54. The first-order valence-electron chi connectivity index (χ1n) is 10.3. The van der Waals surface area contributed by atoms with Crippen LogP contribution in [0.5, 0.6) is 0 Å². The lowest BCUT2D eigenvalue weighted by molar-refractivity contribution is 0.322. The number of nitrogens with zero attached hydrogens (tertiary/aromatic N) is 3. The monoisotopic (exact) mass is 370 g/mol. The minimum atomic E-state index is 0.214. The molecular weight excluding hydrogens is 342 g/mol. The molecule has 3 nitrogen and oxygen atoms in total. The molecule has 3 heteroatoms. The van der Waals surface area contributed by atoms with Crippen molar-refractivity contribution in [1.82, 2.24) is 9.47 Å². The highest BCUT2D eigenvalue weighted by Gasteiger charge is 2.52. The summed E-state index contributed by atoms with van der Waals surface area (Å²) in [5, 5.41) is 0. The Morgan fingerprint density at radius 1 is 0.964 bits per heavy atom. The van der Waals surface area contributed by atoms with E-state index in [-0.39, 0.29) is 6.17 Å². The van der Waals surface area contributed by atoms with E-state index in [1.54, 1.807) is 0 Å². The molecule has 3 heterocycles. The number of hydrogen-bond donors (Lipinski definition) is 0. The minimum Gasteiger partial charge on any atom is -0.281 e. The van der Waals surface area contributed by atoms with Gasteiger partial charge < -0.3 is 0 Å². The van der Waals surface area contributed by atoms with Gasteiger partial charge in [-0.2, -0.15) is 0 Å². The van der Waals surface area contributed by atoms with Gasteiger partial charge in [0, 0.05) is 17.3 Å². The van der Waals surface area contributed by atoms with Gasteiger partial charge in [0.15, 0.2) is 5.69 Å². The van der Waals surface area contributed by atoms with E-state index in [9.17, 15) is 0 Å². The molecule has 0 N–H and O–H groups in total. The first kappa shape index (κ1) is 17.4. The Hall–Kier alpha value is -2.65. The second-order valence-electron chi connectivity index (χ2n) is 8.52. The van der Waals surface area contributed by atoms with E-state index in [1.165, 1.54) is 50.7 Å². The fourth-order valence-electron chi connectivity index (χ4n) is 5.09. The van der Waals surface area contributed by atoms with Crippen LogP contribution in [0.3, 0.4) is 0 Å². The average molecular weight is 371 g/mol. The van der Waals surface area contributed by atoms with Gasteiger partial charge in [-0.1, -0.05) is 32.0 Å². The summed E-state index contributed by atoms with van der Waals surface area (Å²) in [7, 11) is 4.65. The van der Waals surface area contributed by atoms with Gasteiger partial charge in [-0.05, 0) is 55.2 Å². The van der Waals surface area contributed by atoms with Crippen molar-refractivity contribution >= 4 is 17.1 Å². The Morgan fingerprint density at radius 2 is 1.75 bits per heavy atom. The van der Waals surface area contributed by atoms with E-state index in [0.717, 1.165) is 17.3 Å². The molecule has 3 aromatic rings. The van der Waals surface area contributed by atoms with Gasteiger partial charge in [0.2, 0.25) is 6.17 Å². The molecule has 0 amide bonds. The number of quaternary nitrogens is 1. The van der Waals surface area contributed by atoms with Crippen LogP contribution < -0.4 is 9.38 Å². The Morgan fingerprint density at radius 3 is 2.50 bits per heavy atom. The zero-order valence-electron chi connectivity index (χ0n) is 17.5. The maximum Gasteiger partial charge on any atom is 0.202 e. The lowest BCUT2D eigenvalue weighted by Crippen LogP contribution is -2.47. The van der Waals surface area contributed by atoms with Gasteiger partial charge in [-0.25, -0.2) is 0 Å². The summed E-state index contributed by atoms with van der Waals surface area (Å²) in [6.07, 6.45) is 2.21. The molecule has 1 unspecified atom stereocenters. The van der Waals surface area contributed by atoms with Crippen LogP contribution >= 0.6 is 0 Å². The summed E-state index contributed by atoms with van der Waals surface area (Å²) in [5.41, 5.74) is 11.7. The fraction of sp³-hybridized carbons (Fsp3) is 0.320. The Labute approximate surface area is 167 Å². The second kappa shape index (κ2) is 5.92. The molecule has 0 saturated carbocycles. The number of aromatic nitrogens is 1. The molecule has 2 aliphatic heterocycles. The van der Waals surface area contributed by atoms with Crippen molar-refractivity contribution in [3.8, 4) is 11.3 Å². The van der Waals surface area contributed by atoms with E-state index in [1.807, 2.05) is 0 Å². The molecule has 5 rings (SSSR count). The number of rotatable bonds is 2. The number of para-hydroxylation sites is 2. The fourth-order valence-corrected chi connectivity index (χ4v) is 5.09. The molecule has 0 spiro atoms. The van der Waals surface area contributed by atoms with Gasteiger partial charge in [-0.3, -0.25) is 14.4 Å². The number of benzene rings is 2. The number of anilines is 2. The average Bonchev–Trinajstić information content (AvgIpc) is 2.95. The summed E-state index contributed by atoms with van der Waals surface area (Å²) in [6, 6.07) is 18.1. The largest absolute Gasteiger partial charge is 0.281 e. The zero-order valence-corrected chi connectivity index (χ0v) is 17.5. The highest BCUT2D eigenvalue weighted by Crippen LogP contribution is 2.59. The maximum absolute atomic E-state index is 5.16. The first-order chi connectivity index (χ1) is 13.5. The molecule has 142 valence electrons. The summed E-state index contributed by atoms with van der Waals surface area (Å²) in [5.74, 6) is 0. The molecule has 0 fully saturated rings. The predicted octanol–water partition coefficient (Wildman–Crippen LogP) is 5.91. The van der Waals surface area contributed by atoms with Crippen molar-refractivity contribution < 1.29 is 0 Å². The van der Waals surface area contributed by atoms with Gasteiger partial charge in [0.05, 0.1) is 31.0 Å². The highest BCUT2D eigenvalue weighted by atomic mass is 15.5. The van der Waals surface area contributed by atoms with Gasteiger partial charge in [-0.15, -0.1) is 0 Å². The van der Waals surface area contributed by atoms with Crippen molar-refractivity contribution in [2.75, 3.05) is 19.0 Å². The molecule has 0 aliphatic carbocycles. The lowest BCUT2D eigenvalue weighted by Gasteiger charge is -2.40. The molecular formula is C25H28N3+. The first-order valence-corrected chi connectivity index (χ1v) is 10.3. The Bertz CT molecular complexity index is 1100. The van der Waals surface area contributed by atoms with Crippen molar-refractivity contribution in [3.63, 3.8) is 0 Å². The Kier molecular flexibility index (Phi) is 3.69. The SMILES string of the molecule is CCc1ccc2c(c1)-c1nc(CC)cc(C)c1C1N2c2ccccc2[N+]1(C)C. The third-order valence-electron chi connectivity index (χ3n) is 6.54. The molecule has 1 aromatic heterocycles. The summed E-state index contributed by atoms with van der Waals surface area (Å²) in [6.45, 7) is 6.67. The van der Waals surface area contributed by atoms with Crippen LogP contribution in [0.2, 0.25) is 0 Å². The van der Waals surface area contributed by atoms with Crippen molar-refractivity contribution in [2.24, 2.45) is 0 Å². The second-order valence-corrected chi connectivity index (χ2v) is 8.52. The minimum absolute atomic E-state index is 0.214. The smallest absolute Gasteiger partial charge is 0.202 e. The Balaban J connectivity index is 1.89. The molecule has 0 bridgehead atoms. The zero-order chi connectivity index (χ0) is 19.6. The predicted molar refractivity (Wildman–Crippen MR) is 118 cm³/mol. The highest BCUT2D eigenvalue weighted by molar-refractivity contribution is 5.93. The van der Waals surface area contributed by atoms with Crippen LogP contribution in [-0.2, 0) is 12.8 Å². The van der Waals surface area contributed by atoms with Crippen molar-refractivity contribution in [3.05, 3.63) is 70.9 Å². The number of fused-ring (bicyclic) bond motifs is 8. The van der Waals surface area contributed by atoms with Crippen LogP contribution in [0.15, 0.2) is 48.5 Å². The molecule has 2 aliphatic rings. The maximum atomic E-state index is 5.16. The summed E-state index contributed by atoms with van der Waals surface area (Å²) in [4.78, 5) is 7.71. The standard InChI is InChI=1S/C25H28N3/c1-6-17-12-13-20-19(15-17)24-23(16(3)14-18(7-2)26-24)25-27(20)21-10-8-9-11-22(21)28(25,4)5/h8-15,25H,6-7H2,1-5H3/q+1. The normalized spacial score (nSPS) is 18.3.